The Morgan fingerprint density at radius 3 is 2.36 bits per heavy atom. The molecule has 4 heteroatoms. The van der Waals surface area contributed by atoms with Crippen molar-refractivity contribution in [1.29, 1.82) is 0 Å². The zero-order valence-corrected chi connectivity index (χ0v) is 7.08. The van der Waals surface area contributed by atoms with Gasteiger partial charge in [0.2, 0.25) is 0 Å². The number of rotatable bonds is 2. The lowest BCUT2D eigenvalue weighted by Gasteiger charge is -2.01. The van der Waals surface area contributed by atoms with E-state index in [2.05, 4.69) is 17.0 Å². The molecule has 0 heterocycles. The molecule has 11 heavy (non-hydrogen) atoms. The molecule has 0 aliphatic rings. The van der Waals surface area contributed by atoms with Crippen LogP contribution in [0.2, 0.25) is 0 Å². The van der Waals surface area contributed by atoms with E-state index in [0.717, 1.165) is 5.56 Å². The Morgan fingerprint density at radius 1 is 1.36 bits per heavy atom. The van der Waals surface area contributed by atoms with Crippen LogP contribution in [0, 0.1) is 6.92 Å². The van der Waals surface area contributed by atoms with E-state index >= 15 is 0 Å². The van der Waals surface area contributed by atoms with Gasteiger partial charge < -0.3 is 9.12 Å². The van der Waals surface area contributed by atoms with Gasteiger partial charge >= 0.3 is 7.12 Å². The molecule has 0 radical (unpaired) electrons. The summed E-state index contributed by atoms with van der Waals surface area (Å²) in [5.74, 6) is 0. The lowest BCUT2D eigenvalue weighted by Crippen LogP contribution is -2.30. The second-order valence-corrected chi connectivity index (χ2v) is 2.58. The van der Waals surface area contributed by atoms with E-state index in [-0.39, 0.29) is 0 Å². The highest BCUT2D eigenvalue weighted by molar-refractivity contribution is 7.76. The normalized spacial score (nSPS) is 9.73. The van der Waals surface area contributed by atoms with Crippen molar-refractivity contribution >= 4 is 25.5 Å². The Bertz CT molecular complexity index is 224. The molecule has 0 spiro atoms. The van der Waals surface area contributed by atoms with Crippen LogP contribution >= 0.6 is 12.9 Å². The number of hydrogen-bond donors (Lipinski definition) is 2. The summed E-state index contributed by atoms with van der Waals surface area (Å²) in [4.78, 5) is 0. The van der Waals surface area contributed by atoms with Crippen LogP contribution in [0.3, 0.4) is 0 Å². The van der Waals surface area contributed by atoms with Crippen molar-refractivity contribution in [2.75, 3.05) is 0 Å². The predicted molar refractivity (Wildman–Crippen MR) is 48.9 cm³/mol. The minimum atomic E-state index is -0.932. The molecule has 0 fully saturated rings. The van der Waals surface area contributed by atoms with E-state index in [4.69, 9.17) is 5.02 Å². The summed E-state index contributed by atoms with van der Waals surface area (Å²) in [6, 6.07) is 7.42. The lowest BCUT2D eigenvalue weighted by molar-refractivity contribution is 0.473. The highest BCUT2D eigenvalue weighted by atomic mass is 32.1. The SMILES string of the molecule is Cc1ccc(B(O)OS)cc1. The van der Waals surface area contributed by atoms with Gasteiger partial charge in [0.15, 0.2) is 0 Å². The summed E-state index contributed by atoms with van der Waals surface area (Å²) in [5.41, 5.74) is 1.87. The molecule has 0 saturated heterocycles. The average Bonchev–Trinajstić information content (AvgIpc) is 2.05. The number of aryl methyl sites for hydroxylation is 1. The highest BCUT2D eigenvalue weighted by Gasteiger charge is 2.13. The maximum Gasteiger partial charge on any atom is 0.502 e. The fraction of sp³-hybridized carbons (Fsp3) is 0.143. The molecule has 1 aromatic rings. The summed E-state index contributed by atoms with van der Waals surface area (Å²) in [6.45, 7) is 1.98. The van der Waals surface area contributed by atoms with Crippen LogP contribution in [-0.4, -0.2) is 12.1 Å². The Balaban J connectivity index is 2.81. The maximum atomic E-state index is 9.12. The van der Waals surface area contributed by atoms with Crippen molar-refractivity contribution in [3.05, 3.63) is 29.8 Å². The molecule has 1 rings (SSSR count). The van der Waals surface area contributed by atoms with E-state index in [9.17, 15) is 0 Å². The molecular formula is C7H9BO2S. The van der Waals surface area contributed by atoms with Gasteiger partial charge in [-0.2, -0.15) is 0 Å². The maximum absolute atomic E-state index is 9.12. The van der Waals surface area contributed by atoms with Gasteiger partial charge in [-0.25, -0.2) is 0 Å². The van der Waals surface area contributed by atoms with Crippen LogP contribution in [0.25, 0.3) is 0 Å². The molecule has 0 saturated carbocycles. The zero-order chi connectivity index (χ0) is 8.27. The van der Waals surface area contributed by atoms with Crippen molar-refractivity contribution in [3.8, 4) is 0 Å². The molecule has 0 aliphatic heterocycles. The van der Waals surface area contributed by atoms with E-state index in [1.165, 1.54) is 0 Å². The van der Waals surface area contributed by atoms with Gasteiger partial charge in [0, 0.05) is 0 Å². The van der Waals surface area contributed by atoms with Crippen molar-refractivity contribution in [2.24, 2.45) is 0 Å². The fourth-order valence-corrected chi connectivity index (χ4v) is 0.914. The van der Waals surface area contributed by atoms with Crippen molar-refractivity contribution in [3.63, 3.8) is 0 Å². The number of hydrogen-bond acceptors (Lipinski definition) is 3. The molecule has 0 amide bonds. The second kappa shape index (κ2) is 3.81. The summed E-state index contributed by atoms with van der Waals surface area (Å²) in [5, 5.41) is 9.12. The molecule has 1 aromatic carbocycles. The zero-order valence-electron chi connectivity index (χ0n) is 6.19. The summed E-state index contributed by atoms with van der Waals surface area (Å²) >= 11 is 3.50. The molecule has 0 unspecified atom stereocenters. The molecule has 0 aromatic heterocycles. The van der Waals surface area contributed by atoms with Crippen molar-refractivity contribution in [2.45, 2.75) is 6.92 Å². The van der Waals surface area contributed by atoms with Crippen LogP contribution in [0.15, 0.2) is 24.3 Å². The Labute approximate surface area is 72.0 Å². The van der Waals surface area contributed by atoms with Crippen LogP contribution in [0.4, 0.5) is 0 Å². The molecule has 0 bridgehead atoms. The Hall–Kier alpha value is -0.445. The number of benzene rings is 1. The van der Waals surface area contributed by atoms with E-state index < -0.39 is 7.12 Å². The first-order valence-corrected chi connectivity index (χ1v) is 3.65. The average molecular weight is 168 g/mol. The van der Waals surface area contributed by atoms with E-state index in [0.29, 0.717) is 5.46 Å². The summed E-state index contributed by atoms with van der Waals surface area (Å²) in [7, 11) is -0.932. The standard InChI is InChI=1S/C7H9BO2S/c1-6-2-4-7(5-3-6)8(9)10-11/h2-5,9,11H,1H3. The minimum Gasteiger partial charge on any atom is -0.423 e. The minimum absolute atomic E-state index is 0.714. The first-order valence-electron chi connectivity index (χ1n) is 3.29. The first-order chi connectivity index (χ1) is 5.24. The molecular weight excluding hydrogens is 159 g/mol. The first kappa shape index (κ1) is 8.65. The molecule has 1 N–H and O–H groups in total. The van der Waals surface area contributed by atoms with Gasteiger partial charge in [0.1, 0.15) is 0 Å². The smallest absolute Gasteiger partial charge is 0.423 e. The highest BCUT2D eigenvalue weighted by Crippen LogP contribution is 1.95. The van der Waals surface area contributed by atoms with Crippen LogP contribution in [0.5, 0.6) is 0 Å². The van der Waals surface area contributed by atoms with Gasteiger partial charge in [0.05, 0.1) is 0 Å². The lowest BCUT2D eigenvalue weighted by atomic mass is 9.80. The van der Waals surface area contributed by atoms with Gasteiger partial charge in [-0.3, -0.25) is 0 Å². The number of thiol groups is 1. The summed E-state index contributed by atoms with van der Waals surface area (Å²) < 4.78 is 4.43. The fourth-order valence-electron chi connectivity index (χ4n) is 0.792. The third kappa shape index (κ3) is 2.25. The van der Waals surface area contributed by atoms with Crippen LogP contribution < -0.4 is 5.46 Å². The predicted octanol–water partition coefficient (Wildman–Crippen LogP) is 0.544. The summed E-state index contributed by atoms with van der Waals surface area (Å²) in [6.07, 6.45) is 0. The van der Waals surface area contributed by atoms with Gasteiger partial charge in [-0.05, 0) is 25.3 Å². The molecule has 58 valence electrons. The molecule has 0 aliphatic carbocycles. The Kier molecular flexibility index (Phi) is 2.99. The third-order valence-electron chi connectivity index (χ3n) is 1.46. The van der Waals surface area contributed by atoms with Gasteiger partial charge in [-0.1, -0.05) is 29.8 Å². The topological polar surface area (TPSA) is 29.5 Å². The van der Waals surface area contributed by atoms with E-state index in [1.807, 2.05) is 19.1 Å². The van der Waals surface area contributed by atoms with E-state index in [1.54, 1.807) is 12.1 Å². The van der Waals surface area contributed by atoms with Crippen LogP contribution in [0.1, 0.15) is 5.56 Å². The largest absolute Gasteiger partial charge is 0.502 e. The third-order valence-corrected chi connectivity index (χ3v) is 1.66. The second-order valence-electron chi connectivity index (χ2n) is 2.37. The van der Waals surface area contributed by atoms with Gasteiger partial charge in [0.25, 0.3) is 0 Å². The van der Waals surface area contributed by atoms with Crippen molar-refractivity contribution < 1.29 is 9.12 Å². The van der Waals surface area contributed by atoms with Crippen LogP contribution in [-0.2, 0) is 4.10 Å². The molecule has 2 nitrogen and oxygen atoms in total. The monoisotopic (exact) mass is 168 g/mol. The Morgan fingerprint density at radius 2 is 1.91 bits per heavy atom. The quantitative estimate of drug-likeness (QED) is 0.383. The molecule has 0 atom stereocenters. The van der Waals surface area contributed by atoms with Crippen molar-refractivity contribution in [1.82, 2.24) is 0 Å². The van der Waals surface area contributed by atoms with Gasteiger partial charge in [-0.15, -0.1) is 0 Å².